The Morgan fingerprint density at radius 2 is 1.77 bits per heavy atom. The summed E-state index contributed by atoms with van der Waals surface area (Å²) in [5, 5.41) is 3.21. The van der Waals surface area contributed by atoms with Crippen LogP contribution in [0.2, 0.25) is 0 Å². The Hall–Kier alpha value is -0.790. The maximum atomic E-state index is 4.53. The predicted molar refractivity (Wildman–Crippen MR) is 60.0 cm³/mol. The van der Waals surface area contributed by atoms with Gasteiger partial charge < -0.3 is 5.32 Å². The lowest BCUT2D eigenvalue weighted by molar-refractivity contribution is 0.564. The molecule has 0 radical (unpaired) electrons. The number of hydrogen-bond donors (Lipinski definition) is 1. The molecule has 0 aromatic carbocycles. The number of hydrogen-bond acceptors (Lipinski definition) is 1. The third-order valence-corrected chi connectivity index (χ3v) is 1.43. The van der Waals surface area contributed by atoms with E-state index in [1.54, 1.807) is 0 Å². The van der Waals surface area contributed by atoms with E-state index in [2.05, 4.69) is 51.5 Å². The van der Waals surface area contributed by atoms with Crippen molar-refractivity contribution in [2.75, 3.05) is 0 Å². The zero-order valence-electron chi connectivity index (χ0n) is 9.73. The van der Waals surface area contributed by atoms with Crippen LogP contribution in [0.1, 0.15) is 41.5 Å². The molecule has 13 heavy (non-hydrogen) atoms. The maximum absolute atomic E-state index is 4.53. The van der Waals surface area contributed by atoms with Gasteiger partial charge in [-0.1, -0.05) is 27.4 Å². The highest BCUT2D eigenvalue weighted by atomic mass is 15.0. The van der Waals surface area contributed by atoms with Crippen LogP contribution in [0.15, 0.2) is 17.3 Å². The minimum absolute atomic E-state index is 0.0587. The molecule has 0 rings (SSSR count). The summed E-state index contributed by atoms with van der Waals surface area (Å²) in [6.45, 7) is 16.3. The molecular weight excluding hydrogens is 160 g/mol. The molecule has 0 bridgehead atoms. The van der Waals surface area contributed by atoms with Gasteiger partial charge in [0.25, 0.3) is 0 Å². The van der Waals surface area contributed by atoms with Gasteiger partial charge in [-0.15, -0.1) is 0 Å². The number of rotatable bonds is 2. The summed E-state index contributed by atoms with van der Waals surface area (Å²) in [5.41, 5.74) is 0.998. The van der Waals surface area contributed by atoms with E-state index in [0.717, 1.165) is 11.5 Å². The molecule has 1 N–H and O–H groups in total. The second-order valence-electron chi connectivity index (χ2n) is 4.73. The van der Waals surface area contributed by atoms with Crippen molar-refractivity contribution in [2.24, 2.45) is 10.4 Å². The van der Waals surface area contributed by atoms with E-state index in [1.807, 2.05) is 6.92 Å². The molecule has 0 aliphatic rings. The van der Waals surface area contributed by atoms with Gasteiger partial charge in [0.15, 0.2) is 0 Å². The Labute approximate surface area is 82.1 Å². The first-order valence-electron chi connectivity index (χ1n) is 4.74. The van der Waals surface area contributed by atoms with Crippen LogP contribution in [0.4, 0.5) is 0 Å². The van der Waals surface area contributed by atoms with Gasteiger partial charge in [-0.05, 0) is 20.8 Å². The zero-order chi connectivity index (χ0) is 10.6. The van der Waals surface area contributed by atoms with Crippen LogP contribution in [0.25, 0.3) is 0 Å². The van der Waals surface area contributed by atoms with Crippen LogP contribution in [0.5, 0.6) is 0 Å². The van der Waals surface area contributed by atoms with E-state index < -0.39 is 0 Å². The lowest BCUT2D eigenvalue weighted by Crippen LogP contribution is -2.34. The number of allylic oxidation sites excluding steroid dienone is 1. The van der Waals surface area contributed by atoms with Gasteiger partial charge in [0.2, 0.25) is 0 Å². The van der Waals surface area contributed by atoms with Crippen molar-refractivity contribution in [3.8, 4) is 0 Å². The van der Waals surface area contributed by atoms with E-state index in [-0.39, 0.29) is 5.41 Å². The molecule has 0 spiro atoms. The lowest BCUT2D eigenvalue weighted by Gasteiger charge is -2.23. The van der Waals surface area contributed by atoms with Crippen LogP contribution in [-0.4, -0.2) is 11.9 Å². The van der Waals surface area contributed by atoms with Crippen LogP contribution < -0.4 is 5.32 Å². The molecule has 2 heteroatoms. The Morgan fingerprint density at radius 1 is 1.31 bits per heavy atom. The van der Waals surface area contributed by atoms with Gasteiger partial charge in [-0.25, -0.2) is 0 Å². The third-order valence-electron chi connectivity index (χ3n) is 1.43. The summed E-state index contributed by atoms with van der Waals surface area (Å²) >= 11 is 0. The Kier molecular flexibility index (Phi) is 4.18. The molecule has 0 amide bonds. The second kappa shape index (κ2) is 4.45. The monoisotopic (exact) mass is 182 g/mol. The number of amidine groups is 1. The average molecular weight is 182 g/mol. The molecule has 0 aliphatic carbocycles. The fourth-order valence-corrected chi connectivity index (χ4v) is 0.874. The average Bonchev–Trinajstić information content (AvgIpc) is 1.81. The van der Waals surface area contributed by atoms with Gasteiger partial charge in [-0.3, -0.25) is 4.99 Å². The summed E-state index contributed by atoms with van der Waals surface area (Å²) in [7, 11) is 0. The minimum Gasteiger partial charge on any atom is -0.348 e. The molecule has 0 saturated heterocycles. The van der Waals surface area contributed by atoms with Crippen LogP contribution in [0, 0.1) is 5.41 Å². The first-order valence-corrected chi connectivity index (χ1v) is 4.74. The standard InChI is InChI=1S/C11H22N2/c1-8(2)12-10(11(5,6)7)13-9(3)4/h9H,1H2,2-7H3,(H,12,13). The molecule has 0 aromatic rings. The van der Waals surface area contributed by atoms with Gasteiger partial charge in [0.1, 0.15) is 5.84 Å². The summed E-state index contributed by atoms with van der Waals surface area (Å²) in [4.78, 5) is 4.53. The summed E-state index contributed by atoms with van der Waals surface area (Å²) in [6, 6.07) is 0.320. The summed E-state index contributed by atoms with van der Waals surface area (Å²) < 4.78 is 0. The highest BCUT2D eigenvalue weighted by molar-refractivity contribution is 5.88. The SMILES string of the molecule is C=C(C)NC(=NC(C)C)C(C)(C)C. The number of aliphatic imine (C=N–C) groups is 1. The number of nitrogens with zero attached hydrogens (tertiary/aromatic N) is 1. The molecule has 0 heterocycles. The third kappa shape index (κ3) is 5.45. The van der Waals surface area contributed by atoms with Crippen molar-refractivity contribution in [3.05, 3.63) is 12.3 Å². The van der Waals surface area contributed by atoms with Crippen molar-refractivity contribution >= 4 is 5.84 Å². The molecule has 0 aromatic heterocycles. The Bertz CT molecular complexity index is 207. The van der Waals surface area contributed by atoms with E-state index in [0.29, 0.717) is 6.04 Å². The highest BCUT2D eigenvalue weighted by Crippen LogP contribution is 2.15. The van der Waals surface area contributed by atoms with E-state index in [1.165, 1.54) is 0 Å². The van der Waals surface area contributed by atoms with E-state index >= 15 is 0 Å². The summed E-state index contributed by atoms with van der Waals surface area (Å²) in [5.74, 6) is 1.01. The fourth-order valence-electron chi connectivity index (χ4n) is 0.874. The van der Waals surface area contributed by atoms with Gasteiger partial charge >= 0.3 is 0 Å². The first kappa shape index (κ1) is 12.2. The van der Waals surface area contributed by atoms with Crippen LogP contribution >= 0.6 is 0 Å². The molecule has 0 atom stereocenters. The summed E-state index contributed by atoms with van der Waals surface area (Å²) in [6.07, 6.45) is 0. The molecule has 0 fully saturated rings. The smallest absolute Gasteiger partial charge is 0.106 e. The molecule has 0 unspecified atom stereocenters. The maximum Gasteiger partial charge on any atom is 0.106 e. The van der Waals surface area contributed by atoms with Crippen molar-refractivity contribution in [2.45, 2.75) is 47.6 Å². The quantitative estimate of drug-likeness (QED) is 0.515. The lowest BCUT2D eigenvalue weighted by atomic mass is 9.94. The van der Waals surface area contributed by atoms with Gasteiger partial charge in [0, 0.05) is 17.2 Å². The first-order chi connectivity index (χ1) is 5.73. The highest BCUT2D eigenvalue weighted by Gasteiger charge is 2.18. The van der Waals surface area contributed by atoms with Crippen molar-refractivity contribution < 1.29 is 0 Å². The molecular formula is C11H22N2. The predicted octanol–water partition coefficient (Wildman–Crippen LogP) is 2.96. The van der Waals surface area contributed by atoms with Crippen LogP contribution in [-0.2, 0) is 0 Å². The van der Waals surface area contributed by atoms with Crippen molar-refractivity contribution in [3.63, 3.8) is 0 Å². The molecule has 0 aliphatic heterocycles. The number of nitrogens with one attached hydrogen (secondary N) is 1. The van der Waals surface area contributed by atoms with E-state index in [9.17, 15) is 0 Å². The second-order valence-corrected chi connectivity index (χ2v) is 4.73. The van der Waals surface area contributed by atoms with E-state index in [4.69, 9.17) is 0 Å². The molecule has 76 valence electrons. The fraction of sp³-hybridized carbons (Fsp3) is 0.727. The normalized spacial score (nSPS) is 13.3. The minimum atomic E-state index is 0.0587. The Balaban J connectivity index is 4.66. The van der Waals surface area contributed by atoms with Crippen LogP contribution in [0.3, 0.4) is 0 Å². The topological polar surface area (TPSA) is 24.4 Å². The van der Waals surface area contributed by atoms with Gasteiger partial charge in [-0.2, -0.15) is 0 Å². The largest absolute Gasteiger partial charge is 0.348 e. The molecule has 2 nitrogen and oxygen atoms in total. The van der Waals surface area contributed by atoms with Crippen molar-refractivity contribution in [1.82, 2.24) is 5.32 Å². The Morgan fingerprint density at radius 3 is 2.00 bits per heavy atom. The van der Waals surface area contributed by atoms with Gasteiger partial charge in [0.05, 0.1) is 0 Å². The zero-order valence-corrected chi connectivity index (χ0v) is 9.73. The molecule has 0 saturated carbocycles. The van der Waals surface area contributed by atoms with Crippen molar-refractivity contribution in [1.29, 1.82) is 0 Å².